The SMILES string of the molecule is Cc1nn(COc2ccc(F)cc2F)c(C)c1NC(=O)c1ccc(C(C)(C)C)cc1. The Morgan fingerprint density at radius 2 is 1.77 bits per heavy atom. The van der Waals surface area contributed by atoms with Crippen molar-refractivity contribution < 1.29 is 18.3 Å². The molecular weight excluding hydrogens is 388 g/mol. The molecule has 2 aromatic carbocycles. The molecule has 158 valence electrons. The van der Waals surface area contributed by atoms with Gasteiger partial charge in [-0.2, -0.15) is 5.10 Å². The highest BCUT2D eigenvalue weighted by Crippen LogP contribution is 2.24. The summed E-state index contributed by atoms with van der Waals surface area (Å²) >= 11 is 0. The number of hydrogen-bond donors (Lipinski definition) is 1. The third kappa shape index (κ3) is 4.67. The Labute approximate surface area is 174 Å². The molecule has 0 saturated carbocycles. The number of benzene rings is 2. The van der Waals surface area contributed by atoms with E-state index in [0.29, 0.717) is 22.6 Å². The molecule has 3 aromatic rings. The highest BCUT2D eigenvalue weighted by Gasteiger charge is 2.18. The molecule has 3 rings (SSSR count). The summed E-state index contributed by atoms with van der Waals surface area (Å²) in [5, 5.41) is 7.23. The largest absolute Gasteiger partial charge is 0.468 e. The number of carbonyl (C=O) groups is 1. The number of anilines is 1. The van der Waals surface area contributed by atoms with Gasteiger partial charge in [0, 0.05) is 11.6 Å². The molecule has 0 spiro atoms. The van der Waals surface area contributed by atoms with Gasteiger partial charge in [-0.3, -0.25) is 4.79 Å². The molecule has 5 nitrogen and oxygen atoms in total. The number of amides is 1. The zero-order chi connectivity index (χ0) is 22.1. The number of carbonyl (C=O) groups excluding carboxylic acids is 1. The van der Waals surface area contributed by atoms with Gasteiger partial charge in [0.1, 0.15) is 5.82 Å². The lowest BCUT2D eigenvalue weighted by Crippen LogP contribution is -2.15. The van der Waals surface area contributed by atoms with Gasteiger partial charge in [-0.25, -0.2) is 13.5 Å². The average molecular weight is 413 g/mol. The van der Waals surface area contributed by atoms with Crippen molar-refractivity contribution in [2.45, 2.75) is 46.8 Å². The van der Waals surface area contributed by atoms with Crippen molar-refractivity contribution in [2.24, 2.45) is 0 Å². The number of hydrogen-bond acceptors (Lipinski definition) is 3. The number of nitrogens with zero attached hydrogens (tertiary/aromatic N) is 2. The van der Waals surface area contributed by atoms with Gasteiger partial charge in [0.2, 0.25) is 0 Å². The number of rotatable bonds is 5. The fourth-order valence-corrected chi connectivity index (χ4v) is 3.03. The van der Waals surface area contributed by atoms with E-state index < -0.39 is 11.6 Å². The van der Waals surface area contributed by atoms with Crippen molar-refractivity contribution in [3.8, 4) is 5.75 Å². The number of aryl methyl sites for hydroxylation is 1. The summed E-state index contributed by atoms with van der Waals surface area (Å²) in [6.07, 6.45) is 0. The molecule has 1 heterocycles. The summed E-state index contributed by atoms with van der Waals surface area (Å²) in [4.78, 5) is 12.7. The van der Waals surface area contributed by atoms with Crippen LogP contribution in [0.5, 0.6) is 5.75 Å². The van der Waals surface area contributed by atoms with E-state index in [4.69, 9.17) is 4.74 Å². The van der Waals surface area contributed by atoms with Crippen LogP contribution < -0.4 is 10.1 Å². The Morgan fingerprint density at radius 3 is 2.37 bits per heavy atom. The van der Waals surface area contributed by atoms with Crippen molar-refractivity contribution in [1.29, 1.82) is 0 Å². The molecule has 0 unspecified atom stereocenters. The van der Waals surface area contributed by atoms with E-state index in [1.807, 2.05) is 12.1 Å². The molecule has 0 aliphatic heterocycles. The van der Waals surface area contributed by atoms with E-state index in [0.717, 1.165) is 17.7 Å². The summed E-state index contributed by atoms with van der Waals surface area (Å²) < 4.78 is 33.7. The minimum Gasteiger partial charge on any atom is -0.468 e. The molecule has 0 aliphatic rings. The number of ether oxygens (including phenoxy) is 1. The second-order valence-corrected chi connectivity index (χ2v) is 8.18. The monoisotopic (exact) mass is 413 g/mol. The van der Waals surface area contributed by atoms with Crippen LogP contribution >= 0.6 is 0 Å². The van der Waals surface area contributed by atoms with Gasteiger partial charge in [0.25, 0.3) is 5.91 Å². The van der Waals surface area contributed by atoms with E-state index >= 15 is 0 Å². The van der Waals surface area contributed by atoms with Crippen molar-refractivity contribution >= 4 is 11.6 Å². The Morgan fingerprint density at radius 1 is 1.10 bits per heavy atom. The lowest BCUT2D eigenvalue weighted by Gasteiger charge is -2.19. The minimum atomic E-state index is -0.788. The van der Waals surface area contributed by atoms with Gasteiger partial charge < -0.3 is 10.1 Å². The van der Waals surface area contributed by atoms with Crippen molar-refractivity contribution in [1.82, 2.24) is 9.78 Å². The molecule has 0 radical (unpaired) electrons. The van der Waals surface area contributed by atoms with Gasteiger partial charge >= 0.3 is 0 Å². The number of aromatic nitrogens is 2. The summed E-state index contributed by atoms with van der Waals surface area (Å²) in [7, 11) is 0. The van der Waals surface area contributed by atoms with Gasteiger partial charge in [-0.05, 0) is 49.1 Å². The van der Waals surface area contributed by atoms with E-state index in [1.165, 1.54) is 10.7 Å². The van der Waals surface area contributed by atoms with Crippen LogP contribution in [-0.2, 0) is 12.1 Å². The zero-order valence-electron chi connectivity index (χ0n) is 17.7. The lowest BCUT2D eigenvalue weighted by molar-refractivity contribution is 0.102. The van der Waals surface area contributed by atoms with Crippen LogP contribution in [-0.4, -0.2) is 15.7 Å². The van der Waals surface area contributed by atoms with Crippen molar-refractivity contribution in [2.75, 3.05) is 5.32 Å². The third-order valence-electron chi connectivity index (χ3n) is 4.87. The van der Waals surface area contributed by atoms with Crippen LogP contribution in [0.25, 0.3) is 0 Å². The first-order valence-corrected chi connectivity index (χ1v) is 9.60. The highest BCUT2D eigenvalue weighted by molar-refractivity contribution is 6.04. The summed E-state index contributed by atoms with van der Waals surface area (Å²) in [6, 6.07) is 10.6. The predicted octanol–water partition coefficient (Wildman–Crippen LogP) is 5.36. The molecule has 0 saturated heterocycles. The first kappa shape index (κ1) is 21.5. The van der Waals surface area contributed by atoms with Crippen LogP contribution in [0.15, 0.2) is 42.5 Å². The smallest absolute Gasteiger partial charge is 0.255 e. The third-order valence-corrected chi connectivity index (χ3v) is 4.87. The molecule has 1 amide bonds. The standard InChI is InChI=1S/C23H25F2N3O2/c1-14-21(26-22(29)16-6-8-17(9-7-16)23(3,4)5)15(2)28(27-14)13-30-20-11-10-18(24)12-19(20)25/h6-12H,13H2,1-5H3,(H,26,29). The molecule has 0 aliphatic carbocycles. The van der Waals surface area contributed by atoms with Crippen molar-refractivity contribution in [3.63, 3.8) is 0 Å². The van der Waals surface area contributed by atoms with Crippen LogP contribution in [0.3, 0.4) is 0 Å². The minimum absolute atomic E-state index is 0.00726. The van der Waals surface area contributed by atoms with Gasteiger partial charge in [0.05, 0.1) is 17.1 Å². The van der Waals surface area contributed by atoms with Crippen LogP contribution in [0.2, 0.25) is 0 Å². The Balaban J connectivity index is 1.72. The predicted molar refractivity (Wildman–Crippen MR) is 112 cm³/mol. The second kappa shape index (κ2) is 8.26. The van der Waals surface area contributed by atoms with E-state index in [2.05, 4.69) is 31.2 Å². The maximum absolute atomic E-state index is 13.7. The Kier molecular flexibility index (Phi) is 5.92. The van der Waals surface area contributed by atoms with Crippen LogP contribution in [0.4, 0.5) is 14.5 Å². The molecule has 7 heteroatoms. The quantitative estimate of drug-likeness (QED) is 0.612. The highest BCUT2D eigenvalue weighted by atomic mass is 19.1. The van der Waals surface area contributed by atoms with Gasteiger partial charge in [-0.1, -0.05) is 32.9 Å². The van der Waals surface area contributed by atoms with E-state index in [1.54, 1.807) is 26.0 Å². The Hall–Kier alpha value is -3.22. The van der Waals surface area contributed by atoms with E-state index in [9.17, 15) is 13.6 Å². The average Bonchev–Trinajstić information content (AvgIpc) is 2.94. The maximum Gasteiger partial charge on any atom is 0.255 e. The zero-order valence-corrected chi connectivity index (χ0v) is 17.7. The van der Waals surface area contributed by atoms with Crippen LogP contribution in [0, 0.1) is 25.5 Å². The van der Waals surface area contributed by atoms with E-state index in [-0.39, 0.29) is 23.8 Å². The normalized spacial score (nSPS) is 11.4. The van der Waals surface area contributed by atoms with Crippen molar-refractivity contribution in [3.05, 3.63) is 76.6 Å². The first-order valence-electron chi connectivity index (χ1n) is 9.60. The lowest BCUT2D eigenvalue weighted by atomic mass is 9.87. The van der Waals surface area contributed by atoms with Crippen LogP contribution in [0.1, 0.15) is 48.1 Å². The Bertz CT molecular complexity index is 1070. The summed E-state index contributed by atoms with van der Waals surface area (Å²) in [5.74, 6) is -1.78. The molecule has 1 N–H and O–H groups in total. The maximum atomic E-state index is 13.7. The molecule has 0 atom stereocenters. The molecule has 0 fully saturated rings. The van der Waals surface area contributed by atoms with Gasteiger partial charge in [0.15, 0.2) is 18.3 Å². The first-order chi connectivity index (χ1) is 14.1. The molecule has 0 bridgehead atoms. The molecule has 30 heavy (non-hydrogen) atoms. The topological polar surface area (TPSA) is 56.1 Å². The number of nitrogens with one attached hydrogen (secondary N) is 1. The number of halogens is 2. The summed E-state index contributed by atoms with van der Waals surface area (Å²) in [6.45, 7) is 9.81. The fourth-order valence-electron chi connectivity index (χ4n) is 3.03. The summed E-state index contributed by atoms with van der Waals surface area (Å²) in [5.41, 5.74) is 3.53. The fraction of sp³-hybridized carbons (Fsp3) is 0.304. The molecular formula is C23H25F2N3O2. The van der Waals surface area contributed by atoms with Gasteiger partial charge in [-0.15, -0.1) is 0 Å². The second-order valence-electron chi connectivity index (χ2n) is 8.18. The molecule has 1 aromatic heterocycles.